The fraction of sp³-hybridized carbons (Fsp3) is 0.833. The second-order valence-corrected chi connectivity index (χ2v) is 7.17. The highest BCUT2D eigenvalue weighted by atomic mass is 16.4. The molecule has 0 aromatic carbocycles. The van der Waals surface area contributed by atoms with Crippen molar-refractivity contribution < 1.29 is 19.5 Å². The summed E-state index contributed by atoms with van der Waals surface area (Å²) in [7, 11) is 0. The predicted molar refractivity (Wildman–Crippen MR) is 96.3 cm³/mol. The number of hydrogen-bond acceptors (Lipinski definition) is 3. The molecule has 1 saturated carbocycles. The molecule has 1 aliphatic rings. The topological polar surface area (TPSA) is 108 Å². The molecule has 1 rings (SSSR count). The van der Waals surface area contributed by atoms with E-state index in [-0.39, 0.29) is 17.9 Å². The Kier molecular flexibility index (Phi) is 9.96. The third kappa shape index (κ3) is 9.31. The highest BCUT2D eigenvalue weighted by Crippen LogP contribution is 2.17. The Balaban J connectivity index is 2.04. The number of aliphatic carboxylic acids is 1. The average Bonchev–Trinajstić information content (AvgIpc) is 2.56. The molecule has 0 heterocycles. The lowest BCUT2D eigenvalue weighted by atomic mass is 9.96. The van der Waals surface area contributed by atoms with Crippen LogP contribution in [0.1, 0.15) is 71.6 Å². The van der Waals surface area contributed by atoms with Gasteiger partial charge in [-0.25, -0.2) is 9.59 Å². The van der Waals surface area contributed by atoms with Gasteiger partial charge in [0.25, 0.3) is 0 Å². The molecular formula is C18H33N3O4. The van der Waals surface area contributed by atoms with Crippen molar-refractivity contribution in [2.45, 2.75) is 83.7 Å². The van der Waals surface area contributed by atoms with Crippen molar-refractivity contribution >= 4 is 17.9 Å². The van der Waals surface area contributed by atoms with Crippen LogP contribution in [-0.4, -0.2) is 41.6 Å². The van der Waals surface area contributed by atoms with Crippen LogP contribution in [0, 0.1) is 5.92 Å². The molecule has 3 amide bonds. The third-order valence-corrected chi connectivity index (χ3v) is 4.56. The van der Waals surface area contributed by atoms with Gasteiger partial charge >= 0.3 is 12.0 Å². The van der Waals surface area contributed by atoms with Gasteiger partial charge in [-0.3, -0.25) is 4.79 Å². The molecule has 0 aromatic rings. The van der Waals surface area contributed by atoms with Gasteiger partial charge in [0.15, 0.2) is 0 Å². The van der Waals surface area contributed by atoms with Crippen LogP contribution in [0.5, 0.6) is 0 Å². The highest BCUT2D eigenvalue weighted by molar-refractivity contribution is 5.83. The number of rotatable bonds is 10. The number of urea groups is 1. The van der Waals surface area contributed by atoms with Gasteiger partial charge in [-0.2, -0.15) is 0 Å². The van der Waals surface area contributed by atoms with E-state index in [1.807, 2.05) is 0 Å². The molecule has 1 fully saturated rings. The van der Waals surface area contributed by atoms with Crippen molar-refractivity contribution in [2.75, 3.05) is 6.54 Å². The number of unbranched alkanes of at least 4 members (excludes halogenated alkanes) is 2. The van der Waals surface area contributed by atoms with Crippen molar-refractivity contribution in [1.29, 1.82) is 0 Å². The molecule has 1 aliphatic carbocycles. The Morgan fingerprint density at radius 3 is 2.32 bits per heavy atom. The molecule has 1 unspecified atom stereocenters. The van der Waals surface area contributed by atoms with Crippen LogP contribution in [0.25, 0.3) is 0 Å². The van der Waals surface area contributed by atoms with Crippen LogP contribution in [0.3, 0.4) is 0 Å². The molecule has 144 valence electrons. The Morgan fingerprint density at radius 1 is 1.04 bits per heavy atom. The molecule has 1 atom stereocenters. The van der Waals surface area contributed by atoms with Gasteiger partial charge < -0.3 is 21.1 Å². The smallest absolute Gasteiger partial charge is 0.326 e. The molecule has 7 nitrogen and oxygen atoms in total. The summed E-state index contributed by atoms with van der Waals surface area (Å²) in [5.74, 6) is -1.38. The van der Waals surface area contributed by atoms with Crippen molar-refractivity contribution in [2.24, 2.45) is 5.92 Å². The number of amides is 3. The Hall–Kier alpha value is -1.79. The molecule has 0 spiro atoms. The SMILES string of the molecule is CC(C)C(NC(=O)CCCCCNC(=O)NC1CCCCC1)C(=O)O. The summed E-state index contributed by atoms with van der Waals surface area (Å²) in [5, 5.41) is 17.4. The lowest BCUT2D eigenvalue weighted by molar-refractivity contribution is -0.143. The maximum absolute atomic E-state index is 11.8. The summed E-state index contributed by atoms with van der Waals surface area (Å²) in [6.45, 7) is 4.12. The van der Waals surface area contributed by atoms with E-state index in [0.29, 0.717) is 25.4 Å². The van der Waals surface area contributed by atoms with Gasteiger partial charge in [-0.15, -0.1) is 0 Å². The summed E-state index contributed by atoms with van der Waals surface area (Å²) < 4.78 is 0. The number of nitrogens with one attached hydrogen (secondary N) is 3. The molecule has 0 bridgehead atoms. The van der Waals surface area contributed by atoms with E-state index in [1.54, 1.807) is 13.8 Å². The first kappa shape index (κ1) is 21.3. The van der Waals surface area contributed by atoms with Crippen LogP contribution in [0.4, 0.5) is 4.79 Å². The van der Waals surface area contributed by atoms with E-state index in [4.69, 9.17) is 5.11 Å². The predicted octanol–water partition coefficient (Wildman–Crippen LogP) is 2.40. The van der Waals surface area contributed by atoms with Gasteiger partial charge in [0.2, 0.25) is 5.91 Å². The van der Waals surface area contributed by atoms with Gasteiger partial charge in [-0.1, -0.05) is 39.5 Å². The molecule has 0 aliphatic heterocycles. The van der Waals surface area contributed by atoms with E-state index >= 15 is 0 Å². The number of carbonyl (C=O) groups is 3. The van der Waals surface area contributed by atoms with E-state index < -0.39 is 12.0 Å². The molecule has 7 heteroatoms. The van der Waals surface area contributed by atoms with Gasteiger partial charge in [-0.05, 0) is 31.6 Å². The maximum atomic E-state index is 11.8. The van der Waals surface area contributed by atoms with Crippen molar-refractivity contribution in [1.82, 2.24) is 16.0 Å². The van der Waals surface area contributed by atoms with E-state index in [9.17, 15) is 14.4 Å². The van der Waals surface area contributed by atoms with Gasteiger partial charge in [0.05, 0.1) is 0 Å². The normalized spacial score (nSPS) is 16.3. The summed E-state index contributed by atoms with van der Waals surface area (Å²) >= 11 is 0. The number of carbonyl (C=O) groups excluding carboxylic acids is 2. The number of carboxylic acids is 1. The first-order chi connectivity index (χ1) is 11.9. The minimum Gasteiger partial charge on any atom is -0.480 e. The van der Waals surface area contributed by atoms with Gasteiger partial charge in [0, 0.05) is 19.0 Å². The highest BCUT2D eigenvalue weighted by Gasteiger charge is 2.22. The second-order valence-electron chi connectivity index (χ2n) is 7.17. The largest absolute Gasteiger partial charge is 0.480 e. The van der Waals surface area contributed by atoms with Crippen molar-refractivity contribution in [3.63, 3.8) is 0 Å². The zero-order valence-electron chi connectivity index (χ0n) is 15.5. The fourth-order valence-corrected chi connectivity index (χ4v) is 3.03. The number of hydrogen-bond donors (Lipinski definition) is 4. The van der Waals surface area contributed by atoms with E-state index in [1.165, 1.54) is 19.3 Å². The van der Waals surface area contributed by atoms with Crippen molar-refractivity contribution in [3.8, 4) is 0 Å². The Labute approximate surface area is 150 Å². The van der Waals surface area contributed by atoms with Crippen LogP contribution in [-0.2, 0) is 9.59 Å². The van der Waals surface area contributed by atoms with E-state index in [2.05, 4.69) is 16.0 Å². The van der Waals surface area contributed by atoms with Gasteiger partial charge in [0.1, 0.15) is 6.04 Å². The zero-order chi connectivity index (χ0) is 18.7. The standard InChI is InChI=1S/C18H33N3O4/c1-13(2)16(17(23)24)21-15(22)11-7-4-8-12-19-18(25)20-14-9-5-3-6-10-14/h13-14,16H,3-12H2,1-2H3,(H,21,22)(H,23,24)(H2,19,20,25). The van der Waals surface area contributed by atoms with Crippen LogP contribution in [0.2, 0.25) is 0 Å². The quantitative estimate of drug-likeness (QED) is 0.451. The second kappa shape index (κ2) is 11.7. The molecule has 4 N–H and O–H groups in total. The minimum absolute atomic E-state index is 0.106. The Bertz CT molecular complexity index is 434. The Morgan fingerprint density at radius 2 is 1.72 bits per heavy atom. The summed E-state index contributed by atoms with van der Waals surface area (Å²) in [5.41, 5.74) is 0. The molecule has 0 radical (unpaired) electrons. The zero-order valence-corrected chi connectivity index (χ0v) is 15.5. The maximum Gasteiger partial charge on any atom is 0.326 e. The summed E-state index contributed by atoms with van der Waals surface area (Å²) in [6, 6.07) is -0.635. The lowest BCUT2D eigenvalue weighted by Gasteiger charge is -2.22. The average molecular weight is 355 g/mol. The van der Waals surface area contributed by atoms with Crippen LogP contribution < -0.4 is 16.0 Å². The van der Waals surface area contributed by atoms with E-state index in [0.717, 1.165) is 25.7 Å². The van der Waals surface area contributed by atoms with Crippen LogP contribution >= 0.6 is 0 Å². The first-order valence-electron chi connectivity index (χ1n) is 9.46. The molecule has 0 saturated heterocycles. The summed E-state index contributed by atoms with van der Waals surface area (Å²) in [4.78, 5) is 34.6. The number of carboxylic acid groups (broad SMARTS) is 1. The fourth-order valence-electron chi connectivity index (χ4n) is 3.03. The molecule has 0 aromatic heterocycles. The molecular weight excluding hydrogens is 322 g/mol. The van der Waals surface area contributed by atoms with Crippen molar-refractivity contribution in [3.05, 3.63) is 0 Å². The molecule has 25 heavy (non-hydrogen) atoms. The lowest BCUT2D eigenvalue weighted by Crippen LogP contribution is -2.44. The summed E-state index contributed by atoms with van der Waals surface area (Å²) in [6.07, 6.45) is 8.38. The third-order valence-electron chi connectivity index (χ3n) is 4.56. The first-order valence-corrected chi connectivity index (χ1v) is 9.46. The monoisotopic (exact) mass is 355 g/mol. The minimum atomic E-state index is -1.00. The van der Waals surface area contributed by atoms with Crippen LogP contribution in [0.15, 0.2) is 0 Å².